The molecule has 132 valence electrons. The fraction of sp³-hybridized carbons (Fsp3) is 0.278. The lowest BCUT2D eigenvalue weighted by Crippen LogP contribution is -2.19. The smallest absolute Gasteiger partial charge is 0.349 e. The highest BCUT2D eigenvalue weighted by Crippen LogP contribution is 2.29. The molecule has 6 nitrogen and oxygen atoms in total. The van der Waals surface area contributed by atoms with Crippen LogP contribution in [0.1, 0.15) is 31.7 Å². The molecule has 0 fully saturated rings. The van der Waals surface area contributed by atoms with E-state index in [4.69, 9.17) is 9.47 Å². The molecular weight excluding hydrogens is 329 g/mol. The van der Waals surface area contributed by atoms with Gasteiger partial charge < -0.3 is 9.47 Å². The van der Waals surface area contributed by atoms with Gasteiger partial charge in [0.05, 0.1) is 4.92 Å². The van der Waals surface area contributed by atoms with E-state index in [1.807, 2.05) is 26.0 Å². The van der Waals surface area contributed by atoms with Gasteiger partial charge in [0.1, 0.15) is 11.6 Å². The minimum atomic E-state index is -0.854. The van der Waals surface area contributed by atoms with Crippen molar-refractivity contribution in [3.05, 3.63) is 64.0 Å². The Morgan fingerprint density at radius 1 is 1.24 bits per heavy atom. The van der Waals surface area contributed by atoms with Crippen LogP contribution >= 0.6 is 0 Å². The fourth-order valence-electron chi connectivity index (χ4n) is 2.25. The Balaban J connectivity index is 2.08. The van der Waals surface area contributed by atoms with Gasteiger partial charge in [-0.05, 0) is 30.0 Å². The molecule has 0 spiro atoms. The van der Waals surface area contributed by atoms with Crippen LogP contribution in [0.25, 0.3) is 0 Å². The average molecular weight is 347 g/mol. The number of esters is 1. The number of hydrogen-bond donors (Lipinski definition) is 0. The first kappa shape index (κ1) is 18.4. The molecule has 7 heteroatoms. The van der Waals surface area contributed by atoms with Crippen molar-refractivity contribution in [2.75, 3.05) is 6.61 Å². The normalized spacial score (nSPS) is 11.6. The summed E-state index contributed by atoms with van der Waals surface area (Å²) in [5.74, 6) is -1.25. The van der Waals surface area contributed by atoms with Gasteiger partial charge >= 0.3 is 11.7 Å². The maximum atomic E-state index is 13.2. The standard InChI is InChI=1S/C18H18FNO5/c1-3-12(2)14-6-4-5-7-16(14)24-11-18(21)25-17-10-13(19)8-9-15(17)20(22)23/h4-10,12H,3,11H2,1-2H3. The largest absolute Gasteiger partial charge is 0.482 e. The number of nitro groups is 1. The first-order valence-electron chi connectivity index (χ1n) is 7.78. The average Bonchev–Trinajstić information content (AvgIpc) is 2.59. The second-order valence-corrected chi connectivity index (χ2v) is 5.48. The molecule has 0 radical (unpaired) electrons. The van der Waals surface area contributed by atoms with Crippen LogP contribution < -0.4 is 9.47 Å². The third kappa shape index (κ3) is 4.76. The molecule has 0 saturated carbocycles. The molecule has 0 amide bonds. The molecular formula is C18H18FNO5. The van der Waals surface area contributed by atoms with Crippen molar-refractivity contribution in [1.82, 2.24) is 0 Å². The SMILES string of the molecule is CCC(C)c1ccccc1OCC(=O)Oc1cc(F)ccc1[N+](=O)[O-]. The number of ether oxygens (including phenoxy) is 2. The fourth-order valence-corrected chi connectivity index (χ4v) is 2.25. The van der Waals surface area contributed by atoms with Gasteiger partial charge in [0, 0.05) is 12.1 Å². The summed E-state index contributed by atoms with van der Waals surface area (Å²) in [4.78, 5) is 22.1. The Kier molecular flexibility index (Phi) is 6.05. The minimum Gasteiger partial charge on any atom is -0.482 e. The monoisotopic (exact) mass is 347 g/mol. The third-order valence-electron chi connectivity index (χ3n) is 3.75. The minimum absolute atomic E-state index is 0.247. The number of nitrogens with zero attached hydrogens (tertiary/aromatic N) is 1. The quantitative estimate of drug-likeness (QED) is 0.324. The molecule has 0 N–H and O–H groups in total. The molecule has 0 bridgehead atoms. The molecule has 0 aliphatic carbocycles. The second kappa shape index (κ2) is 8.23. The number of hydrogen-bond acceptors (Lipinski definition) is 5. The van der Waals surface area contributed by atoms with Crippen molar-refractivity contribution >= 4 is 11.7 Å². The lowest BCUT2D eigenvalue weighted by atomic mass is 9.98. The first-order chi connectivity index (χ1) is 11.9. The zero-order valence-corrected chi connectivity index (χ0v) is 13.9. The maximum absolute atomic E-state index is 13.2. The van der Waals surface area contributed by atoms with Crippen molar-refractivity contribution in [2.45, 2.75) is 26.2 Å². The maximum Gasteiger partial charge on any atom is 0.349 e. The molecule has 0 heterocycles. The number of benzene rings is 2. The van der Waals surface area contributed by atoms with Crippen molar-refractivity contribution in [3.63, 3.8) is 0 Å². The van der Waals surface area contributed by atoms with Gasteiger partial charge in [-0.1, -0.05) is 32.0 Å². The number of para-hydroxylation sites is 1. The van der Waals surface area contributed by atoms with E-state index >= 15 is 0 Å². The molecule has 0 aromatic heterocycles. The molecule has 2 rings (SSSR count). The van der Waals surface area contributed by atoms with E-state index in [0.29, 0.717) is 5.75 Å². The van der Waals surface area contributed by atoms with E-state index in [1.54, 1.807) is 12.1 Å². The Bertz CT molecular complexity index is 778. The summed E-state index contributed by atoms with van der Waals surface area (Å²) in [6.45, 7) is 3.64. The zero-order valence-electron chi connectivity index (χ0n) is 13.9. The van der Waals surface area contributed by atoms with Crippen molar-refractivity contribution in [3.8, 4) is 11.5 Å². The molecule has 0 aliphatic heterocycles. The van der Waals surface area contributed by atoms with Crippen LogP contribution in [0, 0.1) is 15.9 Å². The van der Waals surface area contributed by atoms with Crippen molar-refractivity contribution in [2.24, 2.45) is 0 Å². The lowest BCUT2D eigenvalue weighted by molar-refractivity contribution is -0.385. The van der Waals surface area contributed by atoms with Crippen molar-refractivity contribution in [1.29, 1.82) is 0 Å². The molecule has 25 heavy (non-hydrogen) atoms. The van der Waals surface area contributed by atoms with Crippen LogP contribution in [0.15, 0.2) is 42.5 Å². The van der Waals surface area contributed by atoms with Gasteiger partial charge in [-0.15, -0.1) is 0 Å². The lowest BCUT2D eigenvalue weighted by Gasteiger charge is -2.15. The number of carbonyl (C=O) groups is 1. The van der Waals surface area contributed by atoms with Gasteiger partial charge in [-0.3, -0.25) is 10.1 Å². The summed E-state index contributed by atoms with van der Waals surface area (Å²) in [5.41, 5.74) is 0.462. The Morgan fingerprint density at radius 2 is 1.96 bits per heavy atom. The van der Waals surface area contributed by atoms with Crippen molar-refractivity contribution < 1.29 is 23.6 Å². The van der Waals surface area contributed by atoms with Gasteiger partial charge in [0.15, 0.2) is 6.61 Å². The highest BCUT2D eigenvalue weighted by Gasteiger charge is 2.19. The van der Waals surface area contributed by atoms with E-state index in [-0.39, 0.29) is 5.92 Å². The summed E-state index contributed by atoms with van der Waals surface area (Å²) in [6, 6.07) is 9.97. The van der Waals surface area contributed by atoms with E-state index in [9.17, 15) is 19.3 Å². The van der Waals surface area contributed by atoms with Crippen LogP contribution in [-0.2, 0) is 4.79 Å². The Morgan fingerprint density at radius 3 is 2.64 bits per heavy atom. The summed E-state index contributed by atoms with van der Waals surface area (Å²) in [7, 11) is 0. The predicted molar refractivity (Wildman–Crippen MR) is 89.3 cm³/mol. The number of nitro benzene ring substituents is 1. The summed E-state index contributed by atoms with van der Waals surface area (Å²) < 4.78 is 23.6. The first-order valence-corrected chi connectivity index (χ1v) is 7.78. The zero-order chi connectivity index (χ0) is 18.4. The topological polar surface area (TPSA) is 78.7 Å². The van der Waals surface area contributed by atoms with E-state index < -0.39 is 34.8 Å². The summed E-state index contributed by atoms with van der Waals surface area (Å²) in [6.07, 6.45) is 0.903. The second-order valence-electron chi connectivity index (χ2n) is 5.48. The molecule has 2 aromatic rings. The van der Waals surface area contributed by atoms with Crippen LogP contribution in [-0.4, -0.2) is 17.5 Å². The highest BCUT2D eigenvalue weighted by atomic mass is 19.1. The number of halogens is 1. The van der Waals surface area contributed by atoms with Gasteiger partial charge in [-0.25, -0.2) is 9.18 Å². The highest BCUT2D eigenvalue weighted by molar-refractivity contribution is 5.75. The molecule has 1 atom stereocenters. The molecule has 1 unspecified atom stereocenters. The van der Waals surface area contributed by atoms with E-state index in [1.165, 1.54) is 0 Å². The van der Waals surface area contributed by atoms with E-state index in [2.05, 4.69) is 0 Å². The number of rotatable bonds is 7. The van der Waals surface area contributed by atoms with Crippen LogP contribution in [0.4, 0.5) is 10.1 Å². The summed E-state index contributed by atoms with van der Waals surface area (Å²) >= 11 is 0. The van der Waals surface area contributed by atoms with Gasteiger partial charge in [0.2, 0.25) is 5.75 Å². The predicted octanol–water partition coefficient (Wildman–Crippen LogP) is 4.23. The number of carbonyl (C=O) groups excluding carboxylic acids is 1. The Hall–Kier alpha value is -2.96. The summed E-state index contributed by atoms with van der Waals surface area (Å²) in [5, 5.41) is 10.9. The third-order valence-corrected chi connectivity index (χ3v) is 3.75. The van der Waals surface area contributed by atoms with Crippen LogP contribution in [0.2, 0.25) is 0 Å². The molecule has 0 aliphatic rings. The van der Waals surface area contributed by atoms with E-state index in [0.717, 1.165) is 30.2 Å². The van der Waals surface area contributed by atoms with Gasteiger partial charge in [-0.2, -0.15) is 0 Å². The Labute approximate surface area is 144 Å². The van der Waals surface area contributed by atoms with Crippen LogP contribution in [0.5, 0.6) is 11.5 Å². The van der Waals surface area contributed by atoms with Crippen LogP contribution in [0.3, 0.4) is 0 Å². The van der Waals surface area contributed by atoms with Gasteiger partial charge in [0.25, 0.3) is 0 Å². The molecule has 2 aromatic carbocycles. The molecule has 0 saturated heterocycles.